The highest BCUT2D eigenvalue weighted by atomic mass is 15.1. The van der Waals surface area contributed by atoms with E-state index in [0.29, 0.717) is 0 Å². The van der Waals surface area contributed by atoms with Crippen LogP contribution in [-0.2, 0) is 0 Å². The van der Waals surface area contributed by atoms with Crippen molar-refractivity contribution in [3.8, 4) is 44.5 Å². The molecule has 0 heterocycles. The molecular weight excluding hydrogens is 675 g/mol. The van der Waals surface area contributed by atoms with E-state index in [-0.39, 0.29) is 0 Å². The molecule has 0 aromatic heterocycles. The summed E-state index contributed by atoms with van der Waals surface area (Å²) < 4.78 is 0. The quantitative estimate of drug-likeness (QED) is 0.149. The van der Waals surface area contributed by atoms with E-state index in [2.05, 4.69) is 230 Å². The van der Waals surface area contributed by atoms with Gasteiger partial charge in [-0.05, 0) is 126 Å². The molecule has 0 saturated heterocycles. The van der Waals surface area contributed by atoms with E-state index in [0.717, 1.165) is 17.1 Å². The first-order valence-corrected chi connectivity index (χ1v) is 19.3. The summed E-state index contributed by atoms with van der Waals surface area (Å²) in [4.78, 5) is 2.39. The Hall–Kier alpha value is -7.22. The molecule has 1 nitrogen and oxygen atoms in total. The zero-order valence-corrected chi connectivity index (χ0v) is 31.2. The predicted octanol–water partition coefficient (Wildman–Crippen LogP) is 15.6. The van der Waals surface area contributed by atoms with Crippen LogP contribution in [0.5, 0.6) is 0 Å². The molecule has 0 amide bonds. The van der Waals surface area contributed by atoms with Crippen LogP contribution in [0.2, 0.25) is 0 Å². The summed E-state index contributed by atoms with van der Waals surface area (Å²) in [5, 5.41) is 7.49. The van der Waals surface area contributed by atoms with Crippen molar-refractivity contribution in [2.45, 2.75) is 6.92 Å². The van der Waals surface area contributed by atoms with Gasteiger partial charge in [0.15, 0.2) is 0 Å². The minimum Gasteiger partial charge on any atom is -0.310 e. The van der Waals surface area contributed by atoms with E-state index in [1.807, 2.05) is 0 Å². The third-order valence-corrected chi connectivity index (χ3v) is 11.1. The van der Waals surface area contributed by atoms with Crippen molar-refractivity contribution < 1.29 is 0 Å². The number of nitrogens with zero attached hydrogens (tertiary/aromatic N) is 1. The number of aryl methyl sites for hydroxylation is 1. The fourth-order valence-electron chi connectivity index (χ4n) is 8.45. The Morgan fingerprint density at radius 2 is 0.732 bits per heavy atom. The van der Waals surface area contributed by atoms with Crippen LogP contribution in [0.15, 0.2) is 218 Å². The van der Waals surface area contributed by atoms with Crippen molar-refractivity contribution in [2.75, 3.05) is 4.90 Å². The molecular formula is C55H39N. The standard InChI is InChI=1S/C55H39N/c1-38-26-30-44(31-27-38)56(45-32-28-40(29-33-45)39-16-6-2-7-17-39)46-34-35-49-52(36-46)47-24-14-15-25-48(47)54-51(42-20-10-4-11-21-42)37-50(41-18-8-3-9-19-41)53(55(49)54)43-22-12-5-13-23-43/h2-37H,1H3. The number of fused-ring (bicyclic) bond motifs is 6. The minimum absolute atomic E-state index is 1.11. The molecule has 0 unspecified atom stereocenters. The lowest BCUT2D eigenvalue weighted by atomic mass is 9.81. The average molecular weight is 714 g/mol. The first-order valence-electron chi connectivity index (χ1n) is 19.3. The summed E-state index contributed by atoms with van der Waals surface area (Å²) >= 11 is 0. The van der Waals surface area contributed by atoms with Gasteiger partial charge in [-0.3, -0.25) is 0 Å². The molecule has 0 aliphatic rings. The van der Waals surface area contributed by atoms with Crippen LogP contribution >= 0.6 is 0 Å². The molecule has 10 aromatic rings. The maximum atomic E-state index is 2.43. The first kappa shape index (κ1) is 33.4. The van der Waals surface area contributed by atoms with Gasteiger partial charge in [-0.1, -0.05) is 181 Å². The molecule has 0 aliphatic heterocycles. The maximum absolute atomic E-state index is 2.43. The van der Waals surface area contributed by atoms with Crippen molar-refractivity contribution in [2.24, 2.45) is 0 Å². The second-order valence-corrected chi connectivity index (χ2v) is 14.6. The predicted molar refractivity (Wildman–Crippen MR) is 240 cm³/mol. The average Bonchev–Trinajstić information content (AvgIpc) is 3.28. The van der Waals surface area contributed by atoms with Crippen LogP contribution in [-0.4, -0.2) is 0 Å². The fraction of sp³-hybridized carbons (Fsp3) is 0.0182. The SMILES string of the molecule is Cc1ccc(N(c2ccc(-c3ccccc3)cc2)c2ccc3c(c2)c2ccccc2c2c(-c4ccccc4)cc(-c4ccccc4)c(-c4ccccc4)c32)cc1. The molecule has 0 bridgehead atoms. The zero-order valence-electron chi connectivity index (χ0n) is 31.2. The lowest BCUT2D eigenvalue weighted by Crippen LogP contribution is -2.10. The highest BCUT2D eigenvalue weighted by Gasteiger charge is 2.23. The van der Waals surface area contributed by atoms with Crippen LogP contribution in [0.25, 0.3) is 76.8 Å². The fourth-order valence-corrected chi connectivity index (χ4v) is 8.45. The Balaban J connectivity index is 1.30. The molecule has 0 N–H and O–H groups in total. The highest BCUT2D eigenvalue weighted by molar-refractivity contribution is 6.33. The van der Waals surface area contributed by atoms with Crippen LogP contribution < -0.4 is 4.90 Å². The molecule has 1 heteroatoms. The summed E-state index contributed by atoms with van der Waals surface area (Å²) in [5.41, 5.74) is 14.3. The van der Waals surface area contributed by atoms with Gasteiger partial charge in [-0.2, -0.15) is 0 Å². The number of benzene rings is 10. The zero-order chi connectivity index (χ0) is 37.4. The molecule has 0 saturated carbocycles. The largest absolute Gasteiger partial charge is 0.310 e. The van der Waals surface area contributed by atoms with Gasteiger partial charge in [0.05, 0.1) is 0 Å². The van der Waals surface area contributed by atoms with Crippen molar-refractivity contribution >= 4 is 49.4 Å². The van der Waals surface area contributed by atoms with Gasteiger partial charge in [0.2, 0.25) is 0 Å². The normalized spacial score (nSPS) is 11.3. The second kappa shape index (κ2) is 14.2. The molecule has 0 radical (unpaired) electrons. The van der Waals surface area contributed by atoms with Gasteiger partial charge in [0.25, 0.3) is 0 Å². The van der Waals surface area contributed by atoms with Gasteiger partial charge in [-0.15, -0.1) is 0 Å². The van der Waals surface area contributed by atoms with Crippen LogP contribution in [0.4, 0.5) is 17.1 Å². The second-order valence-electron chi connectivity index (χ2n) is 14.6. The van der Waals surface area contributed by atoms with Crippen LogP contribution in [0, 0.1) is 6.92 Å². The Kier molecular flexibility index (Phi) is 8.46. The van der Waals surface area contributed by atoms with E-state index >= 15 is 0 Å². The summed E-state index contributed by atoms with van der Waals surface area (Å²) in [7, 11) is 0. The molecule has 264 valence electrons. The number of hydrogen-bond acceptors (Lipinski definition) is 1. The van der Waals surface area contributed by atoms with Crippen molar-refractivity contribution in [3.63, 3.8) is 0 Å². The molecule has 0 aliphatic carbocycles. The Bertz CT molecular complexity index is 2970. The van der Waals surface area contributed by atoms with Gasteiger partial charge in [0, 0.05) is 17.1 Å². The summed E-state index contributed by atoms with van der Waals surface area (Å²) in [5.74, 6) is 0. The lowest BCUT2D eigenvalue weighted by molar-refractivity contribution is 1.28. The van der Waals surface area contributed by atoms with Gasteiger partial charge < -0.3 is 4.90 Å². The van der Waals surface area contributed by atoms with E-state index in [9.17, 15) is 0 Å². The van der Waals surface area contributed by atoms with Crippen molar-refractivity contribution in [3.05, 3.63) is 224 Å². The Labute approximate surface area is 328 Å². The van der Waals surface area contributed by atoms with E-state index < -0.39 is 0 Å². The van der Waals surface area contributed by atoms with Crippen molar-refractivity contribution in [1.29, 1.82) is 0 Å². The summed E-state index contributed by atoms with van der Waals surface area (Å²) in [6, 6.07) is 79.6. The van der Waals surface area contributed by atoms with Crippen LogP contribution in [0.1, 0.15) is 5.56 Å². The van der Waals surface area contributed by atoms with Crippen molar-refractivity contribution in [1.82, 2.24) is 0 Å². The molecule has 10 rings (SSSR count). The van der Waals surface area contributed by atoms with E-state index in [1.165, 1.54) is 82.4 Å². The molecule has 0 atom stereocenters. The number of anilines is 3. The third-order valence-electron chi connectivity index (χ3n) is 11.1. The van der Waals surface area contributed by atoms with Crippen LogP contribution in [0.3, 0.4) is 0 Å². The van der Waals surface area contributed by atoms with Gasteiger partial charge >= 0.3 is 0 Å². The molecule has 56 heavy (non-hydrogen) atoms. The Morgan fingerprint density at radius 3 is 1.34 bits per heavy atom. The number of rotatable bonds is 7. The molecule has 10 aromatic carbocycles. The monoisotopic (exact) mass is 713 g/mol. The maximum Gasteiger partial charge on any atom is 0.0468 e. The molecule has 0 spiro atoms. The molecule has 0 fully saturated rings. The topological polar surface area (TPSA) is 3.24 Å². The van der Waals surface area contributed by atoms with E-state index in [4.69, 9.17) is 0 Å². The van der Waals surface area contributed by atoms with Gasteiger partial charge in [0.1, 0.15) is 0 Å². The lowest BCUT2D eigenvalue weighted by Gasteiger charge is -2.27. The van der Waals surface area contributed by atoms with E-state index in [1.54, 1.807) is 0 Å². The third kappa shape index (κ3) is 5.91. The van der Waals surface area contributed by atoms with Gasteiger partial charge in [-0.25, -0.2) is 0 Å². The highest BCUT2D eigenvalue weighted by Crippen LogP contribution is 2.50. The number of hydrogen-bond donors (Lipinski definition) is 0. The first-order chi connectivity index (χ1) is 27.7. The summed E-state index contributed by atoms with van der Waals surface area (Å²) in [6.45, 7) is 2.15. The smallest absolute Gasteiger partial charge is 0.0468 e. The minimum atomic E-state index is 1.11. The summed E-state index contributed by atoms with van der Waals surface area (Å²) in [6.07, 6.45) is 0. The Morgan fingerprint density at radius 1 is 0.286 bits per heavy atom.